The van der Waals surface area contributed by atoms with Crippen LogP contribution in [0.4, 0.5) is 19.0 Å². The number of unbranched alkanes of at least 4 members (excludes halogenated alkanes) is 1. The number of likely N-dealkylation sites (tertiary alicyclic amines) is 1. The summed E-state index contributed by atoms with van der Waals surface area (Å²) in [7, 11) is 2.12. The number of carbonyl (C=O) groups excluding carboxylic acids is 3. The van der Waals surface area contributed by atoms with E-state index < -0.39 is 23.8 Å². The number of carbonyl (C=O) groups is 3. The van der Waals surface area contributed by atoms with E-state index in [2.05, 4.69) is 54.9 Å². The van der Waals surface area contributed by atoms with Gasteiger partial charge in [0.1, 0.15) is 17.2 Å². The molecule has 1 amide bonds. The minimum atomic E-state index is -5.29. The van der Waals surface area contributed by atoms with Gasteiger partial charge in [0, 0.05) is 41.4 Å². The van der Waals surface area contributed by atoms with Crippen LogP contribution in [-0.2, 0) is 16.0 Å². The largest absolute Gasteiger partial charge is 0.491 e. The molecule has 4 heterocycles. The first-order chi connectivity index (χ1) is 21.1. The molecule has 4 aromatic rings. The number of aromatic amines is 1. The maximum absolute atomic E-state index is 12.8. The lowest BCUT2D eigenvalue weighted by Crippen LogP contribution is -2.28. The highest BCUT2D eigenvalue weighted by Gasteiger charge is 2.42. The number of amides is 1. The Balaban J connectivity index is 1.10. The number of benzene rings is 1. The topological polar surface area (TPSA) is 117 Å². The molecular formula is C32H28F3N5O4. The zero-order valence-corrected chi connectivity index (χ0v) is 23.7. The summed E-state index contributed by atoms with van der Waals surface area (Å²) in [6.45, 7) is 1.08. The molecule has 1 aliphatic rings. The van der Waals surface area contributed by atoms with Crippen LogP contribution >= 0.6 is 0 Å². The molecular weight excluding hydrogens is 575 g/mol. The minimum Gasteiger partial charge on any atom is -0.381 e. The van der Waals surface area contributed by atoms with E-state index in [1.807, 2.05) is 18.2 Å². The second-order valence-electron chi connectivity index (χ2n) is 10.4. The van der Waals surface area contributed by atoms with E-state index in [-0.39, 0.29) is 11.6 Å². The van der Waals surface area contributed by atoms with E-state index in [4.69, 9.17) is 0 Å². The number of ether oxygens (including phenoxy) is 1. The molecule has 9 nitrogen and oxygen atoms in total. The molecule has 0 saturated carbocycles. The molecule has 0 radical (unpaired) electrons. The van der Waals surface area contributed by atoms with Crippen LogP contribution in [-0.4, -0.2) is 57.5 Å². The van der Waals surface area contributed by atoms with Crippen LogP contribution in [0.25, 0.3) is 10.9 Å². The Bertz CT molecular complexity index is 1760. The Kier molecular flexibility index (Phi) is 9.06. The molecule has 2 N–H and O–H groups in total. The van der Waals surface area contributed by atoms with Crippen LogP contribution in [0.5, 0.6) is 0 Å². The van der Waals surface area contributed by atoms with Crippen molar-refractivity contribution >= 4 is 34.6 Å². The number of alkyl halides is 3. The molecule has 0 aliphatic carbocycles. The van der Waals surface area contributed by atoms with Crippen molar-refractivity contribution in [1.29, 1.82) is 0 Å². The Morgan fingerprint density at radius 1 is 1.14 bits per heavy atom. The molecule has 3 aromatic heterocycles. The van der Waals surface area contributed by atoms with Crippen molar-refractivity contribution in [2.24, 2.45) is 0 Å². The van der Waals surface area contributed by atoms with Crippen molar-refractivity contribution in [3.8, 4) is 11.8 Å². The van der Waals surface area contributed by atoms with Crippen LogP contribution in [0.15, 0.2) is 60.8 Å². The number of esters is 2. The van der Waals surface area contributed by atoms with Crippen molar-refractivity contribution < 1.29 is 32.3 Å². The molecule has 1 fully saturated rings. The van der Waals surface area contributed by atoms with Gasteiger partial charge < -0.3 is 15.0 Å². The summed E-state index contributed by atoms with van der Waals surface area (Å²) >= 11 is 0. The Morgan fingerprint density at radius 3 is 2.66 bits per heavy atom. The highest BCUT2D eigenvalue weighted by molar-refractivity contribution is 6.04. The molecule has 1 saturated heterocycles. The molecule has 226 valence electrons. The Morgan fingerprint density at radius 2 is 1.93 bits per heavy atom. The molecule has 1 aromatic carbocycles. The number of fused-ring (bicyclic) bond motifs is 1. The summed E-state index contributed by atoms with van der Waals surface area (Å²) in [6.07, 6.45) is 0.623. The number of hydrogen-bond donors (Lipinski definition) is 2. The quantitative estimate of drug-likeness (QED) is 0.122. The maximum Gasteiger partial charge on any atom is 0.491 e. The first-order valence-corrected chi connectivity index (χ1v) is 14.0. The average molecular weight is 604 g/mol. The number of nitrogens with zero attached hydrogens (tertiary/aromatic N) is 3. The van der Waals surface area contributed by atoms with Gasteiger partial charge in [-0.05, 0) is 81.1 Å². The van der Waals surface area contributed by atoms with Crippen molar-refractivity contribution in [3.63, 3.8) is 0 Å². The van der Waals surface area contributed by atoms with E-state index in [1.165, 1.54) is 18.6 Å². The van der Waals surface area contributed by atoms with Crippen molar-refractivity contribution in [2.75, 3.05) is 18.9 Å². The highest BCUT2D eigenvalue weighted by atomic mass is 19.4. The van der Waals surface area contributed by atoms with Gasteiger partial charge in [-0.1, -0.05) is 24.1 Å². The van der Waals surface area contributed by atoms with Gasteiger partial charge in [0.15, 0.2) is 0 Å². The van der Waals surface area contributed by atoms with Gasteiger partial charge >= 0.3 is 18.1 Å². The second kappa shape index (κ2) is 13.1. The van der Waals surface area contributed by atoms with Gasteiger partial charge in [-0.3, -0.25) is 9.69 Å². The van der Waals surface area contributed by atoms with Gasteiger partial charge in [-0.25, -0.2) is 19.6 Å². The third kappa shape index (κ3) is 7.48. The van der Waals surface area contributed by atoms with Gasteiger partial charge in [0.25, 0.3) is 5.91 Å². The highest BCUT2D eigenvalue weighted by Crippen LogP contribution is 2.32. The first-order valence-electron chi connectivity index (χ1n) is 14.0. The fraction of sp³-hybridized carbons (Fsp3) is 0.281. The summed E-state index contributed by atoms with van der Waals surface area (Å²) in [5.74, 6) is 1.73. The number of halogens is 3. The van der Waals surface area contributed by atoms with Gasteiger partial charge in [0.2, 0.25) is 0 Å². The average Bonchev–Trinajstić information content (AvgIpc) is 3.62. The van der Waals surface area contributed by atoms with Crippen LogP contribution < -0.4 is 5.32 Å². The van der Waals surface area contributed by atoms with Gasteiger partial charge in [0.05, 0.1) is 5.52 Å². The SMILES string of the molecule is CN1CCC[C@@H]1c1cc2cnc(NC(=O)c3ccc(CCCC#Cc4cccc(C(=O)OC(=O)C(F)(F)F)n4)cc3)cc2[nH]1. The van der Waals surface area contributed by atoms with Crippen molar-refractivity contribution in [3.05, 3.63) is 89.0 Å². The normalized spacial score (nSPS) is 15.0. The van der Waals surface area contributed by atoms with E-state index in [0.29, 0.717) is 36.7 Å². The molecule has 0 unspecified atom stereocenters. The number of aryl methyl sites for hydroxylation is 1. The zero-order chi connectivity index (χ0) is 31.3. The summed E-state index contributed by atoms with van der Waals surface area (Å²) in [5, 5.41) is 3.86. The molecule has 1 aliphatic heterocycles. The number of nitrogens with one attached hydrogen (secondary N) is 2. The zero-order valence-electron chi connectivity index (χ0n) is 23.7. The van der Waals surface area contributed by atoms with E-state index in [0.717, 1.165) is 41.2 Å². The lowest BCUT2D eigenvalue weighted by molar-refractivity contribution is -0.193. The molecule has 0 spiro atoms. The van der Waals surface area contributed by atoms with Crippen molar-refractivity contribution in [1.82, 2.24) is 19.9 Å². The predicted octanol–water partition coefficient (Wildman–Crippen LogP) is 5.60. The predicted molar refractivity (Wildman–Crippen MR) is 156 cm³/mol. The van der Waals surface area contributed by atoms with E-state index in [1.54, 1.807) is 18.3 Å². The Hall–Kier alpha value is -5.02. The molecule has 0 bridgehead atoms. The van der Waals surface area contributed by atoms with Crippen LogP contribution in [0.2, 0.25) is 0 Å². The molecule has 44 heavy (non-hydrogen) atoms. The second-order valence-corrected chi connectivity index (χ2v) is 10.4. The fourth-order valence-electron chi connectivity index (χ4n) is 4.96. The van der Waals surface area contributed by atoms with Gasteiger partial charge in [-0.15, -0.1) is 0 Å². The number of anilines is 1. The molecule has 1 atom stereocenters. The third-order valence-electron chi connectivity index (χ3n) is 7.22. The minimum absolute atomic E-state index is 0.154. The lowest BCUT2D eigenvalue weighted by atomic mass is 10.1. The van der Waals surface area contributed by atoms with E-state index >= 15 is 0 Å². The standard InChI is InChI=1S/C32H28F3N5O4/c1-40-16-6-11-27(40)26-17-22-19-36-28(18-25(22)38-26)39-29(41)21-14-12-20(13-15-21)7-3-2-4-8-23-9-5-10-24(37-23)30(42)44-31(43)32(33,34)35/h5,9-10,12-15,17-19,27,38H,2-3,6-7,11,16H2,1H3,(H,36,39,41)/t27-/m1/s1. The Labute approximate surface area is 250 Å². The number of rotatable bonds is 7. The number of hydrogen-bond acceptors (Lipinski definition) is 7. The molecule has 5 rings (SSSR count). The lowest BCUT2D eigenvalue weighted by Gasteiger charge is -2.17. The first kappa shape index (κ1) is 30.4. The molecule has 12 heteroatoms. The summed E-state index contributed by atoms with van der Waals surface area (Å²) < 4.78 is 40.7. The third-order valence-corrected chi connectivity index (χ3v) is 7.22. The van der Waals surface area contributed by atoms with E-state index in [9.17, 15) is 27.6 Å². The number of aromatic nitrogens is 3. The van der Waals surface area contributed by atoms with Gasteiger partial charge in [-0.2, -0.15) is 13.2 Å². The number of pyridine rings is 2. The fourth-order valence-corrected chi connectivity index (χ4v) is 4.96. The number of H-pyrrole nitrogens is 1. The summed E-state index contributed by atoms with van der Waals surface area (Å²) in [5.41, 5.74) is 3.28. The summed E-state index contributed by atoms with van der Waals surface area (Å²) in [6, 6.07) is 15.5. The van der Waals surface area contributed by atoms with Crippen LogP contribution in [0.3, 0.4) is 0 Å². The van der Waals surface area contributed by atoms with Crippen LogP contribution in [0.1, 0.15) is 69.5 Å². The smallest absolute Gasteiger partial charge is 0.381 e. The maximum atomic E-state index is 12.8. The van der Waals surface area contributed by atoms with Crippen molar-refractivity contribution in [2.45, 2.75) is 44.3 Å². The monoisotopic (exact) mass is 603 g/mol. The van der Waals surface area contributed by atoms with Crippen LogP contribution in [0, 0.1) is 11.8 Å². The summed E-state index contributed by atoms with van der Waals surface area (Å²) in [4.78, 5) is 49.5.